The van der Waals surface area contributed by atoms with Crippen LogP contribution in [0.1, 0.15) is 59.4 Å². The summed E-state index contributed by atoms with van der Waals surface area (Å²) in [6.45, 7) is 14.1. The number of carbonyl (C=O) groups is 1. The van der Waals surface area contributed by atoms with Crippen LogP contribution in [0.15, 0.2) is 42.5 Å². The molecule has 3 rings (SSSR count). The minimum atomic E-state index is 0.0428. The van der Waals surface area contributed by atoms with Gasteiger partial charge in [-0.3, -0.25) is 4.79 Å². The third-order valence-electron chi connectivity index (χ3n) is 5.59. The monoisotopic (exact) mass is 403 g/mol. The first-order valence-electron chi connectivity index (χ1n) is 10.9. The predicted octanol–water partition coefficient (Wildman–Crippen LogP) is 6.04. The van der Waals surface area contributed by atoms with Gasteiger partial charge in [-0.25, -0.2) is 4.68 Å². The first-order valence-corrected chi connectivity index (χ1v) is 10.9. The van der Waals surface area contributed by atoms with E-state index < -0.39 is 0 Å². The molecule has 4 nitrogen and oxygen atoms in total. The number of rotatable bonds is 7. The molecule has 1 amide bonds. The van der Waals surface area contributed by atoms with Crippen molar-refractivity contribution in [3.63, 3.8) is 0 Å². The molecular weight excluding hydrogens is 370 g/mol. The van der Waals surface area contributed by atoms with Crippen LogP contribution in [-0.2, 0) is 0 Å². The van der Waals surface area contributed by atoms with Gasteiger partial charge < -0.3 is 4.90 Å². The van der Waals surface area contributed by atoms with Gasteiger partial charge in [0.25, 0.3) is 5.91 Å². The van der Waals surface area contributed by atoms with Crippen molar-refractivity contribution >= 4 is 5.91 Å². The molecule has 0 fully saturated rings. The fraction of sp³-hybridized carbons (Fsp3) is 0.385. The highest BCUT2D eigenvalue weighted by Crippen LogP contribution is 2.26. The Morgan fingerprint density at radius 1 is 0.867 bits per heavy atom. The fourth-order valence-electron chi connectivity index (χ4n) is 3.82. The SMILES string of the molecule is CCCN(CCC)C(=O)c1cc(-c2ccc(C)c(C)c2)nn1-c1ccc(C)cc1C. The van der Waals surface area contributed by atoms with Crippen molar-refractivity contribution in [1.29, 1.82) is 0 Å². The van der Waals surface area contributed by atoms with Crippen molar-refractivity contribution in [2.75, 3.05) is 13.1 Å². The molecule has 3 aromatic rings. The average Bonchev–Trinajstić information content (AvgIpc) is 3.14. The second-order valence-electron chi connectivity index (χ2n) is 8.21. The fourth-order valence-corrected chi connectivity index (χ4v) is 3.82. The summed E-state index contributed by atoms with van der Waals surface area (Å²) in [7, 11) is 0. The molecule has 0 aliphatic rings. The number of hydrogen-bond acceptors (Lipinski definition) is 2. The number of nitrogens with zero attached hydrogens (tertiary/aromatic N) is 3. The third kappa shape index (κ3) is 4.48. The van der Waals surface area contributed by atoms with Crippen LogP contribution in [0.2, 0.25) is 0 Å². The van der Waals surface area contributed by atoms with Crippen molar-refractivity contribution < 1.29 is 4.79 Å². The molecule has 1 aromatic heterocycles. The van der Waals surface area contributed by atoms with Crippen LogP contribution in [0.3, 0.4) is 0 Å². The van der Waals surface area contributed by atoms with E-state index in [1.165, 1.54) is 16.7 Å². The number of aryl methyl sites for hydroxylation is 4. The Kier molecular flexibility index (Phi) is 6.76. The van der Waals surface area contributed by atoms with E-state index in [0.717, 1.165) is 48.4 Å². The molecule has 0 radical (unpaired) electrons. The van der Waals surface area contributed by atoms with Crippen molar-refractivity contribution in [3.8, 4) is 16.9 Å². The van der Waals surface area contributed by atoms with Crippen LogP contribution in [0, 0.1) is 27.7 Å². The predicted molar refractivity (Wildman–Crippen MR) is 124 cm³/mol. The van der Waals surface area contributed by atoms with E-state index in [1.807, 2.05) is 15.6 Å². The average molecular weight is 404 g/mol. The Labute approximate surface area is 180 Å². The van der Waals surface area contributed by atoms with Crippen molar-refractivity contribution in [2.45, 2.75) is 54.4 Å². The zero-order valence-electron chi connectivity index (χ0n) is 19.1. The first-order chi connectivity index (χ1) is 14.3. The third-order valence-corrected chi connectivity index (χ3v) is 5.59. The molecule has 0 saturated carbocycles. The van der Waals surface area contributed by atoms with Gasteiger partial charge in [-0.15, -0.1) is 0 Å². The van der Waals surface area contributed by atoms with Crippen molar-refractivity contribution in [2.24, 2.45) is 0 Å². The Morgan fingerprint density at radius 3 is 2.17 bits per heavy atom. The van der Waals surface area contributed by atoms with E-state index >= 15 is 0 Å². The maximum Gasteiger partial charge on any atom is 0.272 e. The smallest absolute Gasteiger partial charge is 0.272 e. The van der Waals surface area contributed by atoms with Crippen LogP contribution in [0.25, 0.3) is 16.9 Å². The molecule has 0 aliphatic carbocycles. The molecule has 30 heavy (non-hydrogen) atoms. The summed E-state index contributed by atoms with van der Waals surface area (Å²) in [6.07, 6.45) is 1.88. The standard InChI is InChI=1S/C26H33N3O/c1-7-13-28(14-8-2)26(30)25-17-23(22-11-10-19(4)20(5)16-22)27-29(25)24-12-9-18(3)15-21(24)6/h9-12,15-17H,7-8,13-14H2,1-6H3. The van der Waals surface area contributed by atoms with E-state index in [9.17, 15) is 4.79 Å². The lowest BCUT2D eigenvalue weighted by molar-refractivity contribution is 0.0746. The van der Waals surface area contributed by atoms with Crippen LogP contribution < -0.4 is 0 Å². The molecule has 0 atom stereocenters. The molecule has 0 N–H and O–H groups in total. The van der Waals surface area contributed by atoms with Crippen LogP contribution in [0.5, 0.6) is 0 Å². The molecule has 0 aliphatic heterocycles. The largest absolute Gasteiger partial charge is 0.337 e. The summed E-state index contributed by atoms with van der Waals surface area (Å²) < 4.78 is 1.83. The second-order valence-corrected chi connectivity index (χ2v) is 8.21. The van der Waals surface area contributed by atoms with Crippen molar-refractivity contribution in [3.05, 3.63) is 70.4 Å². The van der Waals surface area contributed by atoms with Gasteiger partial charge in [-0.1, -0.05) is 43.7 Å². The maximum atomic E-state index is 13.5. The highest BCUT2D eigenvalue weighted by atomic mass is 16.2. The minimum absolute atomic E-state index is 0.0428. The topological polar surface area (TPSA) is 38.1 Å². The summed E-state index contributed by atoms with van der Waals surface area (Å²) in [5, 5.41) is 4.90. The van der Waals surface area contributed by atoms with E-state index in [1.54, 1.807) is 0 Å². The molecule has 0 unspecified atom stereocenters. The lowest BCUT2D eigenvalue weighted by Gasteiger charge is -2.22. The number of carbonyl (C=O) groups excluding carboxylic acids is 1. The normalized spacial score (nSPS) is 11.0. The summed E-state index contributed by atoms with van der Waals surface area (Å²) in [5.41, 5.74) is 8.22. The Bertz CT molecular complexity index is 1040. The van der Waals surface area contributed by atoms with Gasteiger partial charge in [-0.05, 0) is 75.4 Å². The summed E-state index contributed by atoms with van der Waals surface area (Å²) in [4.78, 5) is 15.5. The zero-order chi connectivity index (χ0) is 21.8. The van der Waals surface area contributed by atoms with Gasteiger partial charge in [0.1, 0.15) is 5.69 Å². The summed E-state index contributed by atoms with van der Waals surface area (Å²) >= 11 is 0. The zero-order valence-corrected chi connectivity index (χ0v) is 19.1. The van der Waals surface area contributed by atoms with Gasteiger partial charge in [0.05, 0.1) is 11.4 Å². The van der Waals surface area contributed by atoms with E-state index in [-0.39, 0.29) is 5.91 Å². The van der Waals surface area contributed by atoms with Gasteiger partial charge in [0, 0.05) is 18.7 Å². The van der Waals surface area contributed by atoms with Gasteiger partial charge in [-0.2, -0.15) is 5.10 Å². The molecule has 2 aromatic carbocycles. The van der Waals surface area contributed by atoms with E-state index in [2.05, 4.69) is 77.9 Å². The highest BCUT2D eigenvalue weighted by molar-refractivity contribution is 5.94. The molecule has 0 bridgehead atoms. The number of aromatic nitrogens is 2. The Morgan fingerprint density at radius 2 is 1.57 bits per heavy atom. The number of hydrogen-bond donors (Lipinski definition) is 0. The molecule has 0 saturated heterocycles. The number of amides is 1. The Balaban J connectivity index is 2.16. The minimum Gasteiger partial charge on any atom is -0.337 e. The molecule has 1 heterocycles. The molecular formula is C26H33N3O. The highest BCUT2D eigenvalue weighted by Gasteiger charge is 2.23. The molecule has 4 heteroatoms. The van der Waals surface area contributed by atoms with Crippen LogP contribution >= 0.6 is 0 Å². The van der Waals surface area contributed by atoms with Crippen LogP contribution in [-0.4, -0.2) is 33.7 Å². The lowest BCUT2D eigenvalue weighted by atomic mass is 10.0. The summed E-state index contributed by atoms with van der Waals surface area (Å²) in [5.74, 6) is 0.0428. The Hall–Kier alpha value is -2.88. The quantitative estimate of drug-likeness (QED) is 0.483. The van der Waals surface area contributed by atoms with E-state index in [4.69, 9.17) is 5.10 Å². The molecule has 158 valence electrons. The number of benzene rings is 2. The van der Waals surface area contributed by atoms with Crippen molar-refractivity contribution in [1.82, 2.24) is 14.7 Å². The van der Waals surface area contributed by atoms with E-state index in [0.29, 0.717) is 5.69 Å². The van der Waals surface area contributed by atoms with Gasteiger partial charge in [0.2, 0.25) is 0 Å². The maximum absolute atomic E-state index is 13.5. The summed E-state index contributed by atoms with van der Waals surface area (Å²) in [6, 6.07) is 14.6. The van der Waals surface area contributed by atoms with Gasteiger partial charge >= 0.3 is 0 Å². The first kappa shape index (κ1) is 21.8. The van der Waals surface area contributed by atoms with Crippen LogP contribution in [0.4, 0.5) is 0 Å². The second kappa shape index (κ2) is 9.29. The van der Waals surface area contributed by atoms with Gasteiger partial charge in [0.15, 0.2) is 0 Å². The lowest BCUT2D eigenvalue weighted by Crippen LogP contribution is -2.34. The molecule has 0 spiro atoms.